The van der Waals surface area contributed by atoms with E-state index in [2.05, 4.69) is 15.3 Å². The maximum absolute atomic E-state index is 15.4. The van der Waals surface area contributed by atoms with Gasteiger partial charge in [0.1, 0.15) is 27.0 Å². The summed E-state index contributed by atoms with van der Waals surface area (Å²) in [6.07, 6.45) is 0. The van der Waals surface area contributed by atoms with E-state index in [4.69, 9.17) is 17.3 Å². The molecule has 13 heteroatoms. The minimum atomic E-state index is -2.86. The van der Waals surface area contributed by atoms with Crippen LogP contribution in [0.2, 0.25) is 5.02 Å². The highest BCUT2D eigenvalue weighted by Crippen LogP contribution is 2.44. The van der Waals surface area contributed by atoms with Crippen LogP contribution < -0.4 is 11.1 Å². The van der Waals surface area contributed by atoms with Crippen LogP contribution in [0.5, 0.6) is 0 Å². The highest BCUT2D eigenvalue weighted by molar-refractivity contribution is 6.30. The lowest BCUT2D eigenvalue weighted by Gasteiger charge is -2.39. The number of rotatable bonds is 5. The van der Waals surface area contributed by atoms with Crippen molar-refractivity contribution in [3.63, 3.8) is 0 Å². The standard InChI is InChI=1S/C25H20FN5O4.C7H7ClFN/c1-24(2)25(30(32)33,31(34)35)23(27-14-15-8-4-3-5-9-15)18-13-19(26)22-17(21(18)29-24)12-16-10-6-7-11-20(16)28-22;8-6-2-1-5(4-10)7(9)3-6/h3-13,29H,14H2,1-2H3;1-3H,4,10H2. The van der Waals surface area contributed by atoms with Gasteiger partial charge in [-0.3, -0.25) is 25.2 Å². The van der Waals surface area contributed by atoms with Gasteiger partial charge in [0.05, 0.1) is 17.7 Å². The summed E-state index contributed by atoms with van der Waals surface area (Å²) in [4.78, 5) is 31.8. The number of nitrogens with one attached hydrogen (secondary N) is 1. The first-order valence-corrected chi connectivity index (χ1v) is 14.1. The molecule has 0 saturated heterocycles. The van der Waals surface area contributed by atoms with Gasteiger partial charge in [-0.2, -0.15) is 0 Å². The summed E-state index contributed by atoms with van der Waals surface area (Å²) >= 11 is 5.49. The largest absolute Gasteiger partial charge is 0.522 e. The molecule has 230 valence electrons. The zero-order valence-electron chi connectivity index (χ0n) is 24.1. The van der Waals surface area contributed by atoms with Crippen molar-refractivity contribution in [2.45, 2.75) is 38.1 Å². The number of pyridine rings is 1. The first-order chi connectivity index (χ1) is 21.4. The highest BCUT2D eigenvalue weighted by Gasteiger charge is 2.75. The quantitative estimate of drug-likeness (QED) is 0.0925. The van der Waals surface area contributed by atoms with E-state index in [1.54, 1.807) is 60.7 Å². The summed E-state index contributed by atoms with van der Waals surface area (Å²) in [6, 6.07) is 23.3. The number of nitro groups is 2. The predicted octanol–water partition coefficient (Wildman–Crippen LogP) is 6.91. The molecule has 0 fully saturated rings. The molecule has 0 spiro atoms. The fourth-order valence-corrected chi connectivity index (χ4v) is 5.60. The molecule has 0 bridgehead atoms. The first kappa shape index (κ1) is 31.4. The molecule has 3 N–H and O–H groups in total. The second-order valence-electron chi connectivity index (χ2n) is 10.9. The van der Waals surface area contributed by atoms with Gasteiger partial charge in [0.2, 0.25) is 5.71 Å². The third-order valence-corrected chi connectivity index (χ3v) is 7.92. The molecule has 6 rings (SSSR count). The van der Waals surface area contributed by atoms with Crippen LogP contribution in [0, 0.1) is 31.9 Å². The second-order valence-corrected chi connectivity index (χ2v) is 11.3. The molecule has 0 atom stereocenters. The molecule has 1 aliphatic heterocycles. The van der Waals surface area contributed by atoms with E-state index in [9.17, 15) is 24.6 Å². The van der Waals surface area contributed by atoms with Crippen LogP contribution in [0.4, 0.5) is 14.5 Å². The fourth-order valence-electron chi connectivity index (χ4n) is 5.44. The number of aromatic nitrogens is 1. The zero-order chi connectivity index (χ0) is 32.5. The lowest BCUT2D eigenvalue weighted by atomic mass is 9.76. The van der Waals surface area contributed by atoms with Gasteiger partial charge in [0, 0.05) is 33.5 Å². The molecule has 0 radical (unpaired) electrons. The van der Waals surface area contributed by atoms with Gasteiger partial charge in [0.25, 0.3) is 0 Å². The average molecular weight is 633 g/mol. The van der Waals surface area contributed by atoms with Gasteiger partial charge >= 0.3 is 5.66 Å². The lowest BCUT2D eigenvalue weighted by molar-refractivity contribution is -0.780. The summed E-state index contributed by atoms with van der Waals surface area (Å²) in [7, 11) is 0. The number of nitrogens with zero attached hydrogens (tertiary/aromatic N) is 4. The Labute approximate surface area is 260 Å². The van der Waals surface area contributed by atoms with Gasteiger partial charge in [0.15, 0.2) is 5.54 Å². The van der Waals surface area contributed by atoms with E-state index in [0.29, 0.717) is 32.7 Å². The molecule has 2 heterocycles. The van der Waals surface area contributed by atoms with Crippen molar-refractivity contribution in [3.05, 3.63) is 139 Å². The monoisotopic (exact) mass is 632 g/mol. The topological polar surface area (TPSA) is 150 Å². The van der Waals surface area contributed by atoms with Crippen molar-refractivity contribution in [3.8, 4) is 0 Å². The number of anilines is 1. The van der Waals surface area contributed by atoms with Crippen LogP contribution in [-0.2, 0) is 13.1 Å². The van der Waals surface area contributed by atoms with Crippen molar-refractivity contribution >= 4 is 44.8 Å². The van der Waals surface area contributed by atoms with Crippen LogP contribution >= 0.6 is 11.6 Å². The van der Waals surface area contributed by atoms with E-state index in [1.807, 2.05) is 12.1 Å². The highest BCUT2D eigenvalue weighted by atomic mass is 35.5. The zero-order valence-corrected chi connectivity index (χ0v) is 24.9. The Morgan fingerprint density at radius 3 is 2.24 bits per heavy atom. The maximum atomic E-state index is 15.4. The molecule has 0 saturated carbocycles. The van der Waals surface area contributed by atoms with E-state index in [0.717, 1.165) is 11.5 Å². The van der Waals surface area contributed by atoms with Gasteiger partial charge in [-0.25, -0.2) is 13.8 Å². The molecule has 0 unspecified atom stereocenters. The molecular formula is C32H27ClF2N6O4. The Hall–Kier alpha value is -5.07. The maximum Gasteiger partial charge on any atom is 0.522 e. The predicted molar refractivity (Wildman–Crippen MR) is 170 cm³/mol. The summed E-state index contributed by atoms with van der Waals surface area (Å²) in [5, 5.41) is 29.3. The van der Waals surface area contributed by atoms with Crippen LogP contribution in [-0.4, -0.2) is 31.7 Å². The van der Waals surface area contributed by atoms with Crippen molar-refractivity contribution in [1.82, 2.24) is 4.98 Å². The lowest BCUT2D eigenvalue weighted by Crippen LogP contribution is -2.71. The summed E-state index contributed by atoms with van der Waals surface area (Å²) in [5.74, 6) is -1.09. The minimum absolute atomic E-state index is 0.0317. The third-order valence-electron chi connectivity index (χ3n) is 7.68. The Morgan fingerprint density at radius 2 is 1.60 bits per heavy atom. The normalized spacial score (nSPS) is 15.6. The molecule has 45 heavy (non-hydrogen) atoms. The number of nitrogens with two attached hydrogens (primary N) is 1. The summed E-state index contributed by atoms with van der Waals surface area (Å²) < 4.78 is 28.1. The third kappa shape index (κ3) is 5.54. The Balaban J connectivity index is 0.000000342. The van der Waals surface area contributed by atoms with Crippen LogP contribution in [0.15, 0.2) is 89.9 Å². The van der Waals surface area contributed by atoms with Crippen LogP contribution in [0.1, 0.15) is 30.5 Å². The Kier molecular flexibility index (Phi) is 8.46. The Morgan fingerprint density at radius 1 is 0.933 bits per heavy atom. The SMILES string of the molecule is CC1(C)Nc2c(cc(F)c3nc4ccccc4cc23)C(=NCc2ccccc2)C1([N+](=O)[O-])[N+](=O)[O-].NCc1ccc(Cl)cc1F. The Bertz CT molecular complexity index is 1970. The van der Waals surface area contributed by atoms with E-state index >= 15 is 4.39 Å². The van der Waals surface area contributed by atoms with Gasteiger partial charge in [-0.15, -0.1) is 0 Å². The molecule has 1 aromatic heterocycles. The van der Waals surface area contributed by atoms with Gasteiger partial charge in [-0.1, -0.05) is 66.2 Å². The van der Waals surface area contributed by atoms with E-state index < -0.39 is 32.6 Å². The van der Waals surface area contributed by atoms with Gasteiger partial charge < -0.3 is 11.1 Å². The molecule has 4 aromatic carbocycles. The molecule has 5 aromatic rings. The fraction of sp³-hybridized carbons (Fsp3) is 0.188. The van der Waals surface area contributed by atoms with Gasteiger partial charge in [-0.05, 0) is 49.7 Å². The number of hydrogen-bond donors (Lipinski definition) is 2. The van der Waals surface area contributed by atoms with E-state index in [1.165, 1.54) is 19.9 Å². The molecular weight excluding hydrogens is 606 g/mol. The summed E-state index contributed by atoms with van der Waals surface area (Å²) in [5.41, 5.74) is 2.33. The second kappa shape index (κ2) is 12.1. The smallest absolute Gasteiger partial charge is 0.366 e. The van der Waals surface area contributed by atoms with E-state index in [-0.39, 0.29) is 30.0 Å². The number of halogens is 3. The van der Waals surface area contributed by atoms with Crippen LogP contribution in [0.3, 0.4) is 0 Å². The number of aliphatic imine (C=N–C) groups is 1. The minimum Gasteiger partial charge on any atom is -0.366 e. The first-order valence-electron chi connectivity index (χ1n) is 13.7. The van der Waals surface area contributed by atoms with Crippen molar-refractivity contribution in [2.24, 2.45) is 10.7 Å². The van der Waals surface area contributed by atoms with Crippen molar-refractivity contribution in [1.29, 1.82) is 0 Å². The molecule has 1 aliphatic rings. The number of hydrogen-bond acceptors (Lipinski definition) is 8. The molecule has 10 nitrogen and oxygen atoms in total. The number of benzene rings is 4. The molecule has 0 aliphatic carbocycles. The number of fused-ring (bicyclic) bond motifs is 4. The summed E-state index contributed by atoms with van der Waals surface area (Å²) in [6.45, 7) is 2.92. The van der Waals surface area contributed by atoms with Crippen molar-refractivity contribution < 1.29 is 18.6 Å². The average Bonchev–Trinajstić information content (AvgIpc) is 3.00. The van der Waals surface area contributed by atoms with Crippen LogP contribution in [0.25, 0.3) is 21.8 Å². The number of para-hydroxylation sites is 1. The van der Waals surface area contributed by atoms with Crippen molar-refractivity contribution in [2.75, 3.05) is 5.32 Å². The molecule has 0 amide bonds.